The second-order valence-electron chi connectivity index (χ2n) is 7.50. The molecule has 0 spiro atoms. The fourth-order valence-corrected chi connectivity index (χ4v) is 5.04. The van der Waals surface area contributed by atoms with Crippen LogP contribution in [0.5, 0.6) is 0 Å². The van der Waals surface area contributed by atoms with Gasteiger partial charge < -0.3 is 9.30 Å². The number of carbonyl (C=O) groups excluding carboxylic acids is 1. The molecule has 0 unspecified atom stereocenters. The Balaban J connectivity index is 1.77. The standard InChI is InChI=1S/C21H36Cl3NO2Si/c22-28(23,24)20-14-8-4-2-1-3-5-9-15-21(26)27-19-13-7-6-10-16-25-17-11-12-18-25/h11-12,17-18H,1-10,13-16,19-20H2. The number of carbonyl (C=O) groups is 1. The first-order chi connectivity index (χ1) is 13.5. The number of aryl methyl sites for hydroxylation is 1. The molecule has 1 heterocycles. The Morgan fingerprint density at radius 2 is 1.29 bits per heavy atom. The van der Waals surface area contributed by atoms with Crippen LogP contribution in [0.25, 0.3) is 0 Å². The van der Waals surface area contributed by atoms with E-state index >= 15 is 0 Å². The Bertz CT molecular complexity index is 492. The number of esters is 1. The molecule has 0 atom stereocenters. The third-order valence-electron chi connectivity index (χ3n) is 4.83. The number of hydrogen-bond donors (Lipinski definition) is 0. The SMILES string of the molecule is O=C(CCCCCCCCCC[Si](Cl)(Cl)Cl)OCCCCCCn1cccc1. The molecule has 0 aromatic carbocycles. The molecule has 1 aromatic heterocycles. The molecule has 0 aliphatic heterocycles. The predicted molar refractivity (Wildman–Crippen MR) is 124 cm³/mol. The smallest absolute Gasteiger partial charge is 0.341 e. The molecular formula is C21H36Cl3NO2Si. The molecule has 3 nitrogen and oxygen atoms in total. The number of ether oxygens (including phenoxy) is 1. The Kier molecular flexibility index (Phi) is 15.4. The van der Waals surface area contributed by atoms with Gasteiger partial charge >= 0.3 is 12.0 Å². The molecule has 0 N–H and O–H groups in total. The van der Waals surface area contributed by atoms with Gasteiger partial charge in [0.1, 0.15) is 0 Å². The highest BCUT2D eigenvalue weighted by molar-refractivity contribution is 7.64. The van der Waals surface area contributed by atoms with E-state index in [-0.39, 0.29) is 5.97 Å². The lowest BCUT2D eigenvalue weighted by atomic mass is 10.1. The quantitative estimate of drug-likeness (QED) is 0.0953. The van der Waals surface area contributed by atoms with Crippen LogP contribution in [0.2, 0.25) is 6.04 Å². The zero-order valence-electron chi connectivity index (χ0n) is 17.0. The van der Waals surface area contributed by atoms with Gasteiger partial charge in [0.2, 0.25) is 0 Å². The van der Waals surface area contributed by atoms with E-state index in [1.165, 1.54) is 38.5 Å². The van der Waals surface area contributed by atoms with E-state index in [9.17, 15) is 4.79 Å². The van der Waals surface area contributed by atoms with Gasteiger partial charge in [-0.15, -0.1) is 33.2 Å². The van der Waals surface area contributed by atoms with E-state index in [1.807, 2.05) is 0 Å². The summed E-state index contributed by atoms with van der Waals surface area (Å²) < 4.78 is 7.52. The molecule has 0 amide bonds. The van der Waals surface area contributed by atoms with Crippen molar-refractivity contribution in [2.24, 2.45) is 0 Å². The van der Waals surface area contributed by atoms with Gasteiger partial charge in [0.15, 0.2) is 0 Å². The van der Waals surface area contributed by atoms with Crippen molar-refractivity contribution in [2.45, 2.75) is 96.1 Å². The molecule has 0 bridgehead atoms. The van der Waals surface area contributed by atoms with Crippen molar-refractivity contribution in [1.29, 1.82) is 0 Å². The van der Waals surface area contributed by atoms with Crippen LogP contribution in [0.3, 0.4) is 0 Å². The van der Waals surface area contributed by atoms with E-state index in [2.05, 4.69) is 29.1 Å². The van der Waals surface area contributed by atoms with Gasteiger partial charge in [0.05, 0.1) is 6.61 Å². The zero-order chi connectivity index (χ0) is 20.5. The van der Waals surface area contributed by atoms with Crippen molar-refractivity contribution in [2.75, 3.05) is 6.61 Å². The minimum Gasteiger partial charge on any atom is -0.466 e. The Hall–Kier alpha value is -0.163. The monoisotopic (exact) mass is 467 g/mol. The molecule has 0 fully saturated rings. The highest BCUT2D eigenvalue weighted by Gasteiger charge is 2.23. The third kappa shape index (κ3) is 16.8. The second kappa shape index (κ2) is 16.6. The summed E-state index contributed by atoms with van der Waals surface area (Å²) in [5.74, 6) is -0.0387. The average molecular weight is 469 g/mol. The Morgan fingerprint density at radius 3 is 1.93 bits per heavy atom. The lowest BCUT2D eigenvalue weighted by Crippen LogP contribution is -2.07. The number of aromatic nitrogens is 1. The maximum Gasteiger partial charge on any atom is 0.341 e. The van der Waals surface area contributed by atoms with E-state index in [1.54, 1.807) is 0 Å². The van der Waals surface area contributed by atoms with Gasteiger partial charge in [-0.25, -0.2) is 0 Å². The largest absolute Gasteiger partial charge is 0.466 e. The van der Waals surface area contributed by atoms with Crippen molar-refractivity contribution in [3.8, 4) is 0 Å². The normalized spacial score (nSPS) is 11.7. The molecule has 1 aromatic rings. The first kappa shape index (κ1) is 25.9. The minimum absolute atomic E-state index is 0.0387. The fourth-order valence-electron chi connectivity index (χ4n) is 3.18. The van der Waals surface area contributed by atoms with Gasteiger partial charge in [-0.05, 0) is 43.9 Å². The van der Waals surface area contributed by atoms with E-state index in [0.717, 1.165) is 51.1 Å². The van der Waals surface area contributed by atoms with Crippen LogP contribution in [-0.4, -0.2) is 23.1 Å². The molecule has 28 heavy (non-hydrogen) atoms. The van der Waals surface area contributed by atoms with Gasteiger partial charge in [-0.3, -0.25) is 4.79 Å². The van der Waals surface area contributed by atoms with Crippen molar-refractivity contribution < 1.29 is 9.53 Å². The van der Waals surface area contributed by atoms with Gasteiger partial charge in [-0.2, -0.15) is 0 Å². The van der Waals surface area contributed by atoms with Crippen molar-refractivity contribution >= 4 is 45.2 Å². The molecular weight excluding hydrogens is 433 g/mol. The number of rotatable bonds is 18. The van der Waals surface area contributed by atoms with Crippen LogP contribution < -0.4 is 0 Å². The van der Waals surface area contributed by atoms with Crippen molar-refractivity contribution in [3.63, 3.8) is 0 Å². The summed E-state index contributed by atoms with van der Waals surface area (Å²) in [6.45, 7) is 1.64. The first-order valence-corrected chi connectivity index (χ1v) is 16.0. The minimum atomic E-state index is -2.41. The molecule has 0 saturated heterocycles. The summed E-state index contributed by atoms with van der Waals surface area (Å²) >= 11 is 17.6. The number of hydrogen-bond acceptors (Lipinski definition) is 2. The van der Waals surface area contributed by atoms with Crippen LogP contribution in [0.1, 0.15) is 83.5 Å². The third-order valence-corrected chi connectivity index (χ3v) is 7.45. The summed E-state index contributed by atoms with van der Waals surface area (Å²) in [4.78, 5) is 11.7. The van der Waals surface area contributed by atoms with Crippen LogP contribution >= 0.6 is 33.2 Å². The van der Waals surface area contributed by atoms with Crippen molar-refractivity contribution in [3.05, 3.63) is 24.5 Å². The lowest BCUT2D eigenvalue weighted by molar-refractivity contribution is -0.143. The molecule has 162 valence electrons. The maximum atomic E-state index is 11.7. The van der Waals surface area contributed by atoms with E-state index in [4.69, 9.17) is 38.0 Å². The number of nitrogens with zero attached hydrogens (tertiary/aromatic N) is 1. The second-order valence-corrected chi connectivity index (χ2v) is 16.8. The summed E-state index contributed by atoms with van der Waals surface area (Å²) in [6, 6.07) is 2.47. The van der Waals surface area contributed by atoms with Crippen LogP contribution in [0, 0.1) is 0 Å². The fraction of sp³-hybridized carbons (Fsp3) is 0.762. The molecule has 0 saturated carbocycles. The van der Waals surface area contributed by atoms with Crippen LogP contribution in [0.4, 0.5) is 0 Å². The molecule has 1 rings (SSSR count). The van der Waals surface area contributed by atoms with Gasteiger partial charge in [0, 0.05) is 25.4 Å². The highest BCUT2D eigenvalue weighted by atomic mass is 35.8. The van der Waals surface area contributed by atoms with Gasteiger partial charge in [-0.1, -0.05) is 51.4 Å². The van der Waals surface area contributed by atoms with Gasteiger partial charge in [0.25, 0.3) is 0 Å². The number of halogens is 3. The van der Waals surface area contributed by atoms with E-state index < -0.39 is 6.00 Å². The summed E-state index contributed by atoms with van der Waals surface area (Å²) in [6.07, 6.45) is 18.3. The summed E-state index contributed by atoms with van der Waals surface area (Å²) in [5, 5.41) is 0. The first-order valence-electron chi connectivity index (χ1n) is 10.8. The van der Waals surface area contributed by atoms with Crippen LogP contribution in [0.15, 0.2) is 24.5 Å². The highest BCUT2D eigenvalue weighted by Crippen LogP contribution is 2.27. The lowest BCUT2D eigenvalue weighted by Gasteiger charge is -2.07. The number of unbranched alkanes of at least 4 members (excludes halogenated alkanes) is 10. The summed E-state index contributed by atoms with van der Waals surface area (Å²) in [7, 11) is 0. The zero-order valence-corrected chi connectivity index (χ0v) is 20.3. The Labute approximate surface area is 186 Å². The topological polar surface area (TPSA) is 31.2 Å². The maximum absolute atomic E-state index is 11.7. The average Bonchev–Trinajstić information content (AvgIpc) is 3.15. The van der Waals surface area contributed by atoms with Crippen LogP contribution in [-0.2, 0) is 16.1 Å². The predicted octanol–water partition coefficient (Wildman–Crippen LogP) is 7.76. The Morgan fingerprint density at radius 1 is 0.750 bits per heavy atom. The van der Waals surface area contributed by atoms with E-state index in [0.29, 0.717) is 13.0 Å². The molecule has 0 aliphatic rings. The molecule has 0 aliphatic carbocycles. The molecule has 7 heteroatoms. The summed E-state index contributed by atoms with van der Waals surface area (Å²) in [5.41, 5.74) is 0. The molecule has 0 radical (unpaired) electrons. The van der Waals surface area contributed by atoms with Crippen molar-refractivity contribution in [1.82, 2.24) is 4.57 Å².